The van der Waals surface area contributed by atoms with E-state index >= 15 is 0 Å². The van der Waals surface area contributed by atoms with Crippen molar-refractivity contribution in [2.75, 3.05) is 18.4 Å². The number of aromatic nitrogens is 1. The Bertz CT molecular complexity index is 1260. The van der Waals surface area contributed by atoms with Crippen molar-refractivity contribution in [3.8, 4) is 6.07 Å². The summed E-state index contributed by atoms with van der Waals surface area (Å²) in [7, 11) is -3.75. The first kappa shape index (κ1) is 20.8. The molecule has 30 heavy (non-hydrogen) atoms. The number of sulfonamides is 1. The largest absolute Gasteiger partial charge is 0.326 e. The lowest BCUT2D eigenvalue weighted by molar-refractivity contribution is -0.120. The van der Waals surface area contributed by atoms with Crippen LogP contribution in [0, 0.1) is 17.2 Å². The molecule has 0 unspecified atom stereocenters. The zero-order chi connectivity index (χ0) is 21.3. The van der Waals surface area contributed by atoms with Gasteiger partial charge in [-0.25, -0.2) is 13.4 Å². The number of benzene rings is 2. The molecule has 0 atom stereocenters. The summed E-state index contributed by atoms with van der Waals surface area (Å²) in [5, 5.41) is 12.2. The van der Waals surface area contributed by atoms with E-state index in [0.717, 1.165) is 10.2 Å². The molecule has 1 aliphatic heterocycles. The van der Waals surface area contributed by atoms with Crippen molar-refractivity contribution in [3.63, 3.8) is 0 Å². The fraction of sp³-hybridized carbons (Fsp3) is 0.250. The molecule has 10 heteroatoms. The minimum Gasteiger partial charge on any atom is -0.326 e. The lowest BCUT2D eigenvalue weighted by Gasteiger charge is -2.30. The fourth-order valence-corrected chi connectivity index (χ4v) is 5.75. The third-order valence-corrected chi connectivity index (χ3v) is 8.15. The number of carbonyl (C=O) groups excluding carboxylic acids is 1. The average Bonchev–Trinajstić information content (AvgIpc) is 3.22. The van der Waals surface area contributed by atoms with Gasteiger partial charge in [0.25, 0.3) is 0 Å². The van der Waals surface area contributed by atoms with Crippen molar-refractivity contribution in [3.05, 3.63) is 52.5 Å². The molecule has 4 rings (SSSR count). The molecule has 1 amide bonds. The number of hydrogen-bond acceptors (Lipinski definition) is 6. The molecule has 1 saturated heterocycles. The Morgan fingerprint density at radius 2 is 2.00 bits per heavy atom. The smallest absolute Gasteiger partial charge is 0.243 e. The number of nitrogens with zero attached hydrogens (tertiary/aromatic N) is 3. The Hall–Kier alpha value is -2.51. The number of nitrogens with one attached hydrogen (secondary N) is 1. The number of rotatable bonds is 4. The van der Waals surface area contributed by atoms with Crippen LogP contribution in [0.25, 0.3) is 10.2 Å². The second-order valence-electron chi connectivity index (χ2n) is 6.96. The Morgan fingerprint density at radius 3 is 2.73 bits per heavy atom. The molecule has 1 fully saturated rings. The van der Waals surface area contributed by atoms with Crippen molar-refractivity contribution >= 4 is 54.8 Å². The summed E-state index contributed by atoms with van der Waals surface area (Å²) in [4.78, 5) is 16.9. The predicted octanol–water partition coefficient (Wildman–Crippen LogP) is 3.86. The quantitative estimate of drug-likeness (QED) is 0.636. The molecule has 7 nitrogen and oxygen atoms in total. The molecule has 154 valence electrons. The maximum absolute atomic E-state index is 12.9. The highest BCUT2D eigenvalue weighted by atomic mass is 35.5. The molecule has 3 aromatic rings. The summed E-state index contributed by atoms with van der Waals surface area (Å²) in [5.74, 6) is -0.401. The summed E-state index contributed by atoms with van der Waals surface area (Å²) >= 11 is 7.43. The molecule has 0 radical (unpaired) electrons. The van der Waals surface area contributed by atoms with Crippen molar-refractivity contribution in [1.29, 1.82) is 5.26 Å². The molecule has 1 aromatic heterocycles. The number of carbonyl (C=O) groups is 1. The fourth-order valence-electron chi connectivity index (χ4n) is 3.44. The van der Waals surface area contributed by atoms with Crippen LogP contribution >= 0.6 is 22.9 Å². The van der Waals surface area contributed by atoms with E-state index in [9.17, 15) is 13.2 Å². The van der Waals surface area contributed by atoms with Crippen LogP contribution in [0.2, 0.25) is 5.02 Å². The standard InChI is InChI=1S/C20H17ClN4O3S2/c21-17-3-2-16(9-14(17)11-22)30(27,28)25-7-5-13(6-8-25)20(26)24-15-1-4-19-18(10-15)23-12-29-19/h1-4,9-10,12-13H,5-8H2,(H,24,26). The Labute approximate surface area is 183 Å². The van der Waals surface area contributed by atoms with E-state index in [-0.39, 0.29) is 40.4 Å². The van der Waals surface area contributed by atoms with E-state index in [4.69, 9.17) is 16.9 Å². The van der Waals surface area contributed by atoms with Crippen LogP contribution in [-0.4, -0.2) is 36.7 Å². The molecule has 1 aliphatic rings. The molecule has 2 heterocycles. The van der Waals surface area contributed by atoms with Gasteiger partial charge < -0.3 is 5.32 Å². The first-order valence-electron chi connectivity index (χ1n) is 9.22. The number of fused-ring (bicyclic) bond motifs is 1. The summed E-state index contributed by atoms with van der Waals surface area (Å²) in [6.45, 7) is 0.464. The molecule has 0 bridgehead atoms. The van der Waals surface area contributed by atoms with Crippen molar-refractivity contribution in [2.45, 2.75) is 17.7 Å². The first-order chi connectivity index (χ1) is 14.4. The van der Waals surface area contributed by atoms with Gasteiger partial charge in [-0.2, -0.15) is 9.57 Å². The maximum Gasteiger partial charge on any atom is 0.243 e. The minimum absolute atomic E-state index is 0.0305. The van der Waals surface area contributed by atoms with Crippen LogP contribution < -0.4 is 5.32 Å². The molecule has 0 spiro atoms. The second kappa shape index (κ2) is 8.32. The van der Waals surface area contributed by atoms with E-state index in [1.165, 1.54) is 33.8 Å². The highest BCUT2D eigenvalue weighted by molar-refractivity contribution is 7.89. The van der Waals surface area contributed by atoms with Gasteiger partial charge in [-0.1, -0.05) is 11.6 Å². The first-order valence-corrected chi connectivity index (χ1v) is 11.9. The number of hydrogen-bond donors (Lipinski definition) is 1. The topological polar surface area (TPSA) is 103 Å². The van der Waals surface area contributed by atoms with Gasteiger partial charge in [0.1, 0.15) is 6.07 Å². The molecule has 0 saturated carbocycles. The van der Waals surface area contributed by atoms with E-state index in [2.05, 4.69) is 10.3 Å². The van der Waals surface area contributed by atoms with Gasteiger partial charge in [-0.15, -0.1) is 11.3 Å². The molecular formula is C20H17ClN4O3S2. The van der Waals surface area contributed by atoms with E-state index in [1.54, 1.807) is 5.51 Å². The maximum atomic E-state index is 12.9. The van der Waals surface area contributed by atoms with Gasteiger partial charge in [0.15, 0.2) is 0 Å². The van der Waals surface area contributed by atoms with Crippen LogP contribution in [0.15, 0.2) is 46.8 Å². The van der Waals surface area contributed by atoms with Crippen molar-refractivity contribution < 1.29 is 13.2 Å². The lowest BCUT2D eigenvalue weighted by Crippen LogP contribution is -2.41. The minimum atomic E-state index is -3.75. The molecule has 2 aromatic carbocycles. The summed E-state index contributed by atoms with van der Waals surface area (Å²) in [5.41, 5.74) is 3.38. The number of piperidine rings is 1. The summed E-state index contributed by atoms with van der Waals surface area (Å²) in [6, 6.07) is 11.6. The number of anilines is 1. The van der Waals surface area contributed by atoms with E-state index in [1.807, 2.05) is 24.3 Å². The van der Waals surface area contributed by atoms with Crippen LogP contribution in [0.5, 0.6) is 0 Å². The zero-order valence-corrected chi connectivity index (χ0v) is 18.1. The average molecular weight is 461 g/mol. The van der Waals surface area contributed by atoms with Crippen molar-refractivity contribution in [2.24, 2.45) is 5.92 Å². The third kappa shape index (κ3) is 4.04. The lowest BCUT2D eigenvalue weighted by atomic mass is 9.97. The highest BCUT2D eigenvalue weighted by Crippen LogP contribution is 2.28. The van der Waals surface area contributed by atoms with Gasteiger partial charge in [-0.3, -0.25) is 4.79 Å². The Kier molecular flexibility index (Phi) is 5.75. The highest BCUT2D eigenvalue weighted by Gasteiger charge is 2.32. The molecule has 0 aliphatic carbocycles. The molecule has 1 N–H and O–H groups in total. The van der Waals surface area contributed by atoms with Crippen LogP contribution in [0.4, 0.5) is 5.69 Å². The third-order valence-electron chi connectivity index (χ3n) is 5.12. The van der Waals surface area contributed by atoms with Crippen molar-refractivity contribution in [1.82, 2.24) is 9.29 Å². The summed E-state index contributed by atoms with van der Waals surface area (Å²) < 4.78 is 28.2. The number of thiazole rings is 1. The predicted molar refractivity (Wildman–Crippen MR) is 116 cm³/mol. The number of halogens is 1. The number of amides is 1. The number of nitriles is 1. The van der Waals surface area contributed by atoms with Gasteiger partial charge in [0.05, 0.1) is 31.2 Å². The second-order valence-corrected chi connectivity index (χ2v) is 10.2. The zero-order valence-electron chi connectivity index (χ0n) is 15.7. The SMILES string of the molecule is N#Cc1cc(S(=O)(=O)N2CCC(C(=O)Nc3ccc4scnc4c3)CC2)ccc1Cl. The van der Waals surface area contributed by atoms with E-state index in [0.29, 0.717) is 18.5 Å². The van der Waals surface area contributed by atoms with Gasteiger partial charge >= 0.3 is 0 Å². The van der Waals surface area contributed by atoms with Crippen LogP contribution in [0.3, 0.4) is 0 Å². The molecular weight excluding hydrogens is 444 g/mol. The Morgan fingerprint density at radius 1 is 1.23 bits per heavy atom. The van der Waals surface area contributed by atoms with E-state index < -0.39 is 10.0 Å². The summed E-state index contributed by atoms with van der Waals surface area (Å²) in [6.07, 6.45) is 0.839. The van der Waals surface area contributed by atoms with Gasteiger partial charge in [0.2, 0.25) is 15.9 Å². The normalized spacial score (nSPS) is 15.7. The van der Waals surface area contributed by atoms with Crippen LogP contribution in [0.1, 0.15) is 18.4 Å². The van der Waals surface area contributed by atoms with Crippen LogP contribution in [-0.2, 0) is 14.8 Å². The Balaban J connectivity index is 1.41. The van der Waals surface area contributed by atoms with Gasteiger partial charge in [0, 0.05) is 24.7 Å². The monoisotopic (exact) mass is 460 g/mol. The van der Waals surface area contributed by atoms with Gasteiger partial charge in [-0.05, 0) is 49.2 Å².